The summed E-state index contributed by atoms with van der Waals surface area (Å²) in [6.45, 7) is 12.4. The highest BCUT2D eigenvalue weighted by Crippen LogP contribution is 2.39. The molecule has 4 rings (SSSR count). The third-order valence-electron chi connectivity index (χ3n) is 5.57. The van der Waals surface area contributed by atoms with E-state index in [2.05, 4.69) is 44.8 Å². The molecule has 3 heteroatoms. The van der Waals surface area contributed by atoms with E-state index < -0.39 is 0 Å². The van der Waals surface area contributed by atoms with Gasteiger partial charge >= 0.3 is 0 Å². The lowest BCUT2D eigenvalue weighted by molar-refractivity contribution is 0.401. The Labute approximate surface area is 192 Å². The largest absolute Gasteiger partial charge is 0.508 e. The molecule has 166 valence electrons. The Morgan fingerprint density at radius 2 is 1.25 bits per heavy atom. The molecule has 2 N–H and O–H groups in total. The quantitative estimate of drug-likeness (QED) is 0.521. The van der Waals surface area contributed by atoms with Crippen LogP contribution in [0.1, 0.15) is 36.8 Å². The minimum atomic E-state index is 0.256. The minimum Gasteiger partial charge on any atom is -0.508 e. The summed E-state index contributed by atoms with van der Waals surface area (Å²) in [5, 5.41) is 19.4. The van der Waals surface area contributed by atoms with Crippen molar-refractivity contribution in [2.24, 2.45) is 0 Å². The van der Waals surface area contributed by atoms with Crippen LogP contribution in [0.15, 0.2) is 102 Å². The molecule has 0 aromatic heterocycles. The zero-order valence-corrected chi connectivity index (χ0v) is 19.2. The molecule has 0 amide bonds. The SMILES string of the molecule is C=C1C/C1=C\C(CCCN(C)C)=C(c1ccc(O)cc1)c1ccc(O)cc1.C=C1CC1=C. The van der Waals surface area contributed by atoms with Gasteiger partial charge in [-0.2, -0.15) is 0 Å². The van der Waals surface area contributed by atoms with Gasteiger partial charge < -0.3 is 15.1 Å². The van der Waals surface area contributed by atoms with Gasteiger partial charge in [-0.3, -0.25) is 0 Å². The molecule has 2 aliphatic rings. The van der Waals surface area contributed by atoms with Gasteiger partial charge in [-0.05, 0) is 115 Å². The van der Waals surface area contributed by atoms with Crippen LogP contribution in [0.25, 0.3) is 5.57 Å². The van der Waals surface area contributed by atoms with E-state index in [0.717, 1.165) is 48.9 Å². The van der Waals surface area contributed by atoms with Crippen molar-refractivity contribution in [3.8, 4) is 11.5 Å². The van der Waals surface area contributed by atoms with Crippen LogP contribution in [-0.2, 0) is 0 Å². The molecule has 2 fully saturated rings. The van der Waals surface area contributed by atoms with E-state index in [-0.39, 0.29) is 11.5 Å². The van der Waals surface area contributed by atoms with Gasteiger partial charge in [0.15, 0.2) is 0 Å². The number of benzene rings is 2. The first kappa shape index (κ1) is 23.4. The lowest BCUT2D eigenvalue weighted by Gasteiger charge is -2.16. The smallest absolute Gasteiger partial charge is 0.115 e. The fourth-order valence-electron chi connectivity index (χ4n) is 3.41. The summed E-state index contributed by atoms with van der Waals surface area (Å²) >= 11 is 0. The summed E-state index contributed by atoms with van der Waals surface area (Å²) in [6, 6.07) is 14.7. The van der Waals surface area contributed by atoms with Gasteiger partial charge in [0.05, 0.1) is 0 Å². The van der Waals surface area contributed by atoms with E-state index >= 15 is 0 Å². The highest BCUT2D eigenvalue weighted by atomic mass is 16.3. The van der Waals surface area contributed by atoms with Crippen molar-refractivity contribution < 1.29 is 10.2 Å². The van der Waals surface area contributed by atoms with Gasteiger partial charge in [-0.15, -0.1) is 0 Å². The summed E-state index contributed by atoms with van der Waals surface area (Å²) < 4.78 is 0. The predicted octanol–water partition coefficient (Wildman–Crippen LogP) is 6.63. The standard InChI is InChI=1S/C24H27NO2.C5H6/c1-17-15-21(17)16-20(5-4-14-25(2)3)24(18-6-10-22(26)11-7-18)19-8-12-23(27)13-9-19;1-4-3-5(4)2/h6-13,16,26-27H,1,4-5,14-15H2,2-3H3;1-3H2/b21-16+;. The number of hydrogen-bond donors (Lipinski definition) is 2. The fourth-order valence-corrected chi connectivity index (χ4v) is 3.41. The maximum absolute atomic E-state index is 9.70. The van der Waals surface area contributed by atoms with E-state index in [1.807, 2.05) is 24.3 Å². The first-order valence-corrected chi connectivity index (χ1v) is 11.0. The van der Waals surface area contributed by atoms with Gasteiger partial charge in [0.1, 0.15) is 11.5 Å². The van der Waals surface area contributed by atoms with E-state index in [1.165, 1.54) is 27.9 Å². The highest BCUT2D eigenvalue weighted by Gasteiger charge is 2.20. The van der Waals surface area contributed by atoms with Crippen LogP contribution < -0.4 is 0 Å². The Morgan fingerprint density at radius 1 is 0.812 bits per heavy atom. The van der Waals surface area contributed by atoms with Gasteiger partial charge in [-0.1, -0.05) is 50.1 Å². The molecule has 2 aliphatic carbocycles. The van der Waals surface area contributed by atoms with E-state index in [4.69, 9.17) is 0 Å². The average molecular weight is 428 g/mol. The maximum atomic E-state index is 9.70. The molecule has 0 spiro atoms. The summed E-state index contributed by atoms with van der Waals surface area (Å²) in [6.07, 6.45) is 6.34. The molecule has 0 saturated heterocycles. The molecule has 0 bridgehead atoms. The summed E-state index contributed by atoms with van der Waals surface area (Å²) in [5.74, 6) is 0.513. The average Bonchev–Trinajstić information content (AvgIpc) is 3.63. The highest BCUT2D eigenvalue weighted by molar-refractivity contribution is 5.84. The Bertz CT molecular complexity index is 1010. The summed E-state index contributed by atoms with van der Waals surface area (Å²) in [5.41, 5.74) is 9.49. The van der Waals surface area contributed by atoms with Crippen LogP contribution in [0.5, 0.6) is 11.5 Å². The monoisotopic (exact) mass is 427 g/mol. The molecule has 0 aliphatic heterocycles. The number of hydrogen-bond acceptors (Lipinski definition) is 3. The van der Waals surface area contributed by atoms with Crippen molar-refractivity contribution in [2.45, 2.75) is 25.7 Å². The third kappa shape index (κ3) is 6.86. The number of aromatic hydroxyl groups is 2. The zero-order chi connectivity index (χ0) is 23.3. The minimum absolute atomic E-state index is 0.256. The van der Waals surface area contributed by atoms with E-state index in [9.17, 15) is 10.2 Å². The molecule has 2 saturated carbocycles. The van der Waals surface area contributed by atoms with Gasteiger partial charge in [0.2, 0.25) is 0 Å². The first-order chi connectivity index (χ1) is 15.2. The molecule has 2 aromatic rings. The van der Waals surface area contributed by atoms with Crippen molar-refractivity contribution in [3.05, 3.63) is 113 Å². The number of phenols is 2. The molecular formula is C29H33NO2. The van der Waals surface area contributed by atoms with Gasteiger partial charge in [0, 0.05) is 0 Å². The first-order valence-electron chi connectivity index (χ1n) is 11.0. The number of phenolic OH excluding ortho intramolecular Hbond substituents is 2. The number of nitrogens with zero attached hydrogens (tertiary/aromatic N) is 1. The van der Waals surface area contributed by atoms with E-state index in [1.54, 1.807) is 24.3 Å². The van der Waals surface area contributed by atoms with Crippen LogP contribution in [0.3, 0.4) is 0 Å². The normalized spacial score (nSPS) is 15.5. The molecule has 0 radical (unpaired) electrons. The van der Waals surface area contributed by atoms with Crippen LogP contribution in [0.4, 0.5) is 0 Å². The fraction of sp³-hybridized carbons (Fsp3) is 0.241. The van der Waals surface area contributed by atoms with Gasteiger partial charge in [0.25, 0.3) is 0 Å². The second-order valence-electron chi connectivity index (χ2n) is 8.73. The Balaban J connectivity index is 0.000000509. The third-order valence-corrected chi connectivity index (χ3v) is 5.57. The van der Waals surface area contributed by atoms with Crippen LogP contribution in [0, 0.1) is 0 Å². The molecule has 3 nitrogen and oxygen atoms in total. The maximum Gasteiger partial charge on any atom is 0.115 e. The topological polar surface area (TPSA) is 43.7 Å². The molecule has 2 aromatic carbocycles. The molecule has 0 atom stereocenters. The second-order valence-corrected chi connectivity index (χ2v) is 8.73. The van der Waals surface area contributed by atoms with Crippen LogP contribution in [0.2, 0.25) is 0 Å². The molecule has 0 unspecified atom stereocenters. The Morgan fingerprint density at radius 3 is 1.59 bits per heavy atom. The van der Waals surface area contributed by atoms with E-state index in [0.29, 0.717) is 0 Å². The van der Waals surface area contributed by atoms with Crippen molar-refractivity contribution >= 4 is 5.57 Å². The molecule has 0 heterocycles. The van der Waals surface area contributed by atoms with Gasteiger partial charge in [-0.25, -0.2) is 0 Å². The zero-order valence-electron chi connectivity index (χ0n) is 19.2. The number of allylic oxidation sites excluding steroid dienone is 6. The van der Waals surface area contributed by atoms with Crippen molar-refractivity contribution in [1.29, 1.82) is 0 Å². The van der Waals surface area contributed by atoms with Crippen LogP contribution >= 0.6 is 0 Å². The predicted molar refractivity (Wildman–Crippen MR) is 135 cm³/mol. The Kier molecular flexibility index (Phi) is 7.55. The van der Waals surface area contributed by atoms with Crippen molar-refractivity contribution in [1.82, 2.24) is 4.90 Å². The van der Waals surface area contributed by atoms with Crippen LogP contribution in [-0.4, -0.2) is 35.8 Å². The lowest BCUT2D eigenvalue weighted by Crippen LogP contribution is -2.13. The number of rotatable bonds is 7. The molecule has 32 heavy (non-hydrogen) atoms. The summed E-state index contributed by atoms with van der Waals surface area (Å²) in [7, 11) is 4.18. The lowest BCUT2D eigenvalue weighted by atomic mass is 9.90. The Hall–Kier alpha value is -3.30. The summed E-state index contributed by atoms with van der Waals surface area (Å²) in [4.78, 5) is 2.20. The van der Waals surface area contributed by atoms with Crippen molar-refractivity contribution in [3.63, 3.8) is 0 Å². The van der Waals surface area contributed by atoms with Crippen molar-refractivity contribution in [2.75, 3.05) is 20.6 Å². The second kappa shape index (κ2) is 10.3. The molecular weight excluding hydrogens is 394 g/mol.